The van der Waals surface area contributed by atoms with E-state index in [2.05, 4.69) is 10.3 Å². The Kier molecular flexibility index (Phi) is 8.56. The summed E-state index contributed by atoms with van der Waals surface area (Å²) in [6, 6.07) is 11.9. The summed E-state index contributed by atoms with van der Waals surface area (Å²) in [5, 5.41) is 2.83. The van der Waals surface area contributed by atoms with Gasteiger partial charge in [-0.2, -0.15) is 0 Å². The van der Waals surface area contributed by atoms with Crippen LogP contribution in [0.3, 0.4) is 0 Å². The minimum Gasteiger partial charge on any atom is -0.469 e. The number of esters is 2. The number of benzene rings is 2. The number of nitrogens with zero attached hydrogens (tertiary/aromatic N) is 1. The second-order valence-electron chi connectivity index (χ2n) is 6.68. The first-order valence-corrected chi connectivity index (χ1v) is 9.59. The number of aryl methyl sites for hydroxylation is 2. The monoisotopic (exact) mass is 426 g/mol. The van der Waals surface area contributed by atoms with Crippen molar-refractivity contribution < 1.29 is 23.9 Å². The molecule has 0 unspecified atom stereocenters. The fraction of sp³-hybridized carbons (Fsp3) is 0.273. The Morgan fingerprint density at radius 1 is 0.903 bits per heavy atom. The third-order valence-corrected chi connectivity index (χ3v) is 4.48. The van der Waals surface area contributed by atoms with E-state index in [1.54, 1.807) is 36.4 Å². The molecule has 0 aliphatic rings. The maximum absolute atomic E-state index is 12.7. The number of rotatable bonds is 9. The largest absolute Gasteiger partial charge is 0.469 e. The molecule has 0 aromatic heterocycles. The fourth-order valence-corrected chi connectivity index (χ4v) is 2.93. The van der Waals surface area contributed by atoms with Crippen LogP contribution in [0.1, 0.15) is 34.3 Å². The molecule has 0 saturated heterocycles. The predicted octanol–water partition coefficient (Wildman–Crippen LogP) is 2.05. The van der Waals surface area contributed by atoms with E-state index in [1.165, 1.54) is 14.2 Å². The van der Waals surface area contributed by atoms with Gasteiger partial charge in [0.25, 0.3) is 5.91 Å². The van der Waals surface area contributed by atoms with E-state index in [9.17, 15) is 14.4 Å². The van der Waals surface area contributed by atoms with Gasteiger partial charge in [0, 0.05) is 24.1 Å². The molecule has 0 radical (unpaired) electrons. The maximum atomic E-state index is 12.7. The Bertz CT molecular complexity index is 984. The van der Waals surface area contributed by atoms with E-state index < -0.39 is 0 Å². The minimum absolute atomic E-state index is 0.102. The van der Waals surface area contributed by atoms with Crippen molar-refractivity contribution in [3.05, 3.63) is 59.2 Å². The topological polar surface area (TPSA) is 146 Å². The van der Waals surface area contributed by atoms with Crippen LogP contribution in [0, 0.1) is 0 Å². The number of carbonyl (C=O) groups is 3. The van der Waals surface area contributed by atoms with Crippen LogP contribution in [0.4, 0.5) is 11.4 Å². The van der Waals surface area contributed by atoms with Crippen LogP contribution in [-0.4, -0.2) is 38.0 Å². The first kappa shape index (κ1) is 23.4. The zero-order valence-corrected chi connectivity index (χ0v) is 17.5. The Morgan fingerprint density at radius 3 is 2.16 bits per heavy atom. The first-order chi connectivity index (χ1) is 14.8. The lowest BCUT2D eigenvalue weighted by Gasteiger charge is -2.13. The molecule has 0 saturated carbocycles. The number of hydrogen-bond donors (Lipinski definition) is 3. The van der Waals surface area contributed by atoms with Gasteiger partial charge in [-0.3, -0.25) is 14.4 Å². The molecule has 1 amide bonds. The van der Waals surface area contributed by atoms with Crippen LogP contribution in [0.15, 0.2) is 47.5 Å². The van der Waals surface area contributed by atoms with Gasteiger partial charge in [-0.15, -0.1) is 0 Å². The van der Waals surface area contributed by atoms with Crippen molar-refractivity contribution in [3.8, 4) is 0 Å². The highest BCUT2D eigenvalue weighted by Gasteiger charge is 2.12. The van der Waals surface area contributed by atoms with Crippen molar-refractivity contribution in [2.75, 3.05) is 19.5 Å². The lowest BCUT2D eigenvalue weighted by atomic mass is 9.98. The van der Waals surface area contributed by atoms with Crippen LogP contribution in [0.25, 0.3) is 0 Å². The maximum Gasteiger partial charge on any atom is 0.305 e. The van der Waals surface area contributed by atoms with Crippen molar-refractivity contribution >= 4 is 35.2 Å². The number of amides is 1. The van der Waals surface area contributed by atoms with Gasteiger partial charge in [0.1, 0.15) is 0 Å². The van der Waals surface area contributed by atoms with Gasteiger partial charge in [0.15, 0.2) is 5.96 Å². The second kappa shape index (κ2) is 11.3. The smallest absolute Gasteiger partial charge is 0.305 e. The summed E-state index contributed by atoms with van der Waals surface area (Å²) in [4.78, 5) is 39.7. The van der Waals surface area contributed by atoms with E-state index in [-0.39, 0.29) is 36.6 Å². The number of hydrogen-bond acceptors (Lipinski definition) is 6. The third kappa shape index (κ3) is 7.46. The molecule has 0 spiro atoms. The number of nitrogens with one attached hydrogen (secondary N) is 1. The summed E-state index contributed by atoms with van der Waals surface area (Å²) in [5.74, 6) is -1.11. The molecule has 9 nitrogen and oxygen atoms in total. The van der Waals surface area contributed by atoms with Gasteiger partial charge in [0.2, 0.25) is 0 Å². The van der Waals surface area contributed by atoms with Crippen LogP contribution in [-0.2, 0) is 31.9 Å². The van der Waals surface area contributed by atoms with Crippen LogP contribution in [0.5, 0.6) is 0 Å². The molecule has 2 rings (SSSR count). The van der Waals surface area contributed by atoms with Gasteiger partial charge in [-0.05, 0) is 54.3 Å². The highest BCUT2D eigenvalue weighted by molar-refractivity contribution is 6.04. The van der Waals surface area contributed by atoms with Crippen molar-refractivity contribution in [1.29, 1.82) is 0 Å². The number of carbonyl (C=O) groups excluding carboxylic acids is 3. The molecule has 5 N–H and O–H groups in total. The molecule has 9 heteroatoms. The van der Waals surface area contributed by atoms with Crippen LogP contribution in [0.2, 0.25) is 0 Å². The quantitative estimate of drug-likeness (QED) is 0.316. The molecule has 31 heavy (non-hydrogen) atoms. The number of nitrogens with two attached hydrogens (primary N) is 2. The summed E-state index contributed by atoms with van der Waals surface area (Å²) in [7, 11) is 2.66. The van der Waals surface area contributed by atoms with Gasteiger partial charge < -0.3 is 26.3 Å². The summed E-state index contributed by atoms with van der Waals surface area (Å²) in [6.07, 6.45) is 1.26. The van der Waals surface area contributed by atoms with Crippen molar-refractivity contribution in [2.45, 2.75) is 25.7 Å². The average Bonchev–Trinajstić information content (AvgIpc) is 2.76. The molecule has 0 heterocycles. The Hall–Kier alpha value is -3.88. The highest BCUT2D eigenvalue weighted by Crippen LogP contribution is 2.21. The number of anilines is 1. The zero-order chi connectivity index (χ0) is 22.8. The van der Waals surface area contributed by atoms with Crippen molar-refractivity contribution in [1.82, 2.24) is 0 Å². The summed E-state index contributed by atoms with van der Waals surface area (Å²) < 4.78 is 9.40. The highest BCUT2D eigenvalue weighted by atomic mass is 16.5. The number of methoxy groups -OCH3 is 2. The summed E-state index contributed by atoms with van der Waals surface area (Å²) in [5.41, 5.74) is 13.9. The van der Waals surface area contributed by atoms with Gasteiger partial charge in [0.05, 0.1) is 19.9 Å². The Balaban J connectivity index is 2.21. The Morgan fingerprint density at radius 2 is 1.55 bits per heavy atom. The van der Waals surface area contributed by atoms with E-state index in [4.69, 9.17) is 20.9 Å². The number of ether oxygens (including phenoxy) is 2. The van der Waals surface area contributed by atoms with Gasteiger partial charge >= 0.3 is 11.9 Å². The minimum atomic E-state index is -0.343. The molecule has 164 valence electrons. The van der Waals surface area contributed by atoms with E-state index in [1.807, 2.05) is 6.07 Å². The van der Waals surface area contributed by atoms with Crippen LogP contribution < -0.4 is 16.8 Å². The molecule has 0 atom stereocenters. The standard InChI is InChI=1S/C22H26N4O5/c1-30-19(27)10-7-14-6-9-18(12-15(14)8-11-20(28)31-2)25-21(29)16-4-3-5-17(13-16)26-22(23)24/h3-6,9,12-13H,7-8,10-11H2,1-2H3,(H,25,29)(H4,23,24,26). The lowest BCUT2D eigenvalue weighted by Crippen LogP contribution is -2.22. The molecular weight excluding hydrogens is 400 g/mol. The summed E-state index contributed by atoms with van der Waals surface area (Å²) in [6.45, 7) is 0. The zero-order valence-electron chi connectivity index (χ0n) is 17.5. The number of aliphatic imine (C=N–C) groups is 1. The molecular formula is C22H26N4O5. The average molecular weight is 426 g/mol. The Labute approximate surface area is 180 Å². The molecule has 0 aliphatic carbocycles. The third-order valence-electron chi connectivity index (χ3n) is 4.48. The van der Waals surface area contributed by atoms with Crippen LogP contribution >= 0.6 is 0 Å². The van der Waals surface area contributed by atoms with E-state index in [0.29, 0.717) is 29.8 Å². The molecule has 0 bridgehead atoms. The van der Waals surface area contributed by atoms with E-state index >= 15 is 0 Å². The van der Waals surface area contributed by atoms with Crippen molar-refractivity contribution in [2.24, 2.45) is 16.5 Å². The molecule has 2 aromatic rings. The normalized spacial score (nSPS) is 10.1. The first-order valence-electron chi connectivity index (χ1n) is 9.59. The predicted molar refractivity (Wildman–Crippen MR) is 117 cm³/mol. The fourth-order valence-electron chi connectivity index (χ4n) is 2.93. The molecule has 2 aromatic carbocycles. The molecule has 0 aliphatic heterocycles. The second-order valence-corrected chi connectivity index (χ2v) is 6.68. The van der Waals surface area contributed by atoms with Gasteiger partial charge in [-0.25, -0.2) is 4.99 Å². The summed E-state index contributed by atoms with van der Waals surface area (Å²) >= 11 is 0. The van der Waals surface area contributed by atoms with Crippen molar-refractivity contribution in [3.63, 3.8) is 0 Å². The lowest BCUT2D eigenvalue weighted by molar-refractivity contribution is -0.141. The van der Waals surface area contributed by atoms with E-state index in [0.717, 1.165) is 11.1 Å². The van der Waals surface area contributed by atoms with Gasteiger partial charge in [-0.1, -0.05) is 12.1 Å². The number of guanidine groups is 1. The molecule has 0 fully saturated rings. The SMILES string of the molecule is COC(=O)CCc1ccc(NC(=O)c2cccc(N=C(N)N)c2)cc1CCC(=O)OC.